The molecule has 0 aliphatic rings. The first kappa shape index (κ1) is 16.5. The molecule has 0 spiro atoms. The Morgan fingerprint density at radius 3 is 2.75 bits per heavy atom. The first-order chi connectivity index (χ1) is 11.7. The van der Waals surface area contributed by atoms with Crippen molar-refractivity contribution in [3.05, 3.63) is 76.4 Å². The van der Waals surface area contributed by atoms with Crippen LogP contribution >= 0.6 is 15.9 Å². The lowest BCUT2D eigenvalue weighted by Crippen LogP contribution is -2.24. The fraction of sp³-hybridized carbons (Fsp3) is 0.158. The second-order valence-electron chi connectivity index (χ2n) is 5.51. The number of nitrogens with zero attached hydrogens (tertiary/aromatic N) is 1. The van der Waals surface area contributed by atoms with E-state index in [1.807, 2.05) is 42.5 Å². The third-order valence-electron chi connectivity index (χ3n) is 3.77. The van der Waals surface area contributed by atoms with Crippen LogP contribution in [-0.2, 0) is 6.42 Å². The van der Waals surface area contributed by atoms with E-state index in [1.54, 1.807) is 6.20 Å². The minimum absolute atomic E-state index is 0.105. The standard InChI is InChI=1S/C19H18BrN3O/c20-16-10-4-9-15(12-16)18-17(13-22-23-18)19(24)21-11-5-8-14-6-2-1-3-7-14/h1-4,6-7,9-10,12-13H,5,8,11H2,(H,21,24)(H,22,23). The molecule has 0 unspecified atom stereocenters. The Balaban J connectivity index is 1.59. The molecule has 5 heteroatoms. The predicted molar refractivity (Wildman–Crippen MR) is 98.8 cm³/mol. The maximum atomic E-state index is 12.4. The van der Waals surface area contributed by atoms with Crippen LogP contribution in [0.1, 0.15) is 22.3 Å². The van der Waals surface area contributed by atoms with Gasteiger partial charge in [0.2, 0.25) is 0 Å². The molecule has 4 nitrogen and oxygen atoms in total. The van der Waals surface area contributed by atoms with E-state index in [4.69, 9.17) is 0 Å². The van der Waals surface area contributed by atoms with Crippen molar-refractivity contribution in [3.63, 3.8) is 0 Å². The van der Waals surface area contributed by atoms with E-state index < -0.39 is 0 Å². The predicted octanol–water partition coefficient (Wildman–Crippen LogP) is 4.20. The van der Waals surface area contributed by atoms with Crippen LogP contribution in [0.15, 0.2) is 65.3 Å². The minimum Gasteiger partial charge on any atom is -0.352 e. The monoisotopic (exact) mass is 383 g/mol. The summed E-state index contributed by atoms with van der Waals surface area (Å²) in [4.78, 5) is 12.4. The van der Waals surface area contributed by atoms with Crippen LogP contribution in [0.2, 0.25) is 0 Å². The minimum atomic E-state index is -0.105. The summed E-state index contributed by atoms with van der Waals surface area (Å²) in [5.74, 6) is -0.105. The number of nitrogens with one attached hydrogen (secondary N) is 2. The second-order valence-corrected chi connectivity index (χ2v) is 6.43. The van der Waals surface area contributed by atoms with Gasteiger partial charge in [-0.2, -0.15) is 5.10 Å². The van der Waals surface area contributed by atoms with Gasteiger partial charge in [0, 0.05) is 16.6 Å². The van der Waals surface area contributed by atoms with Gasteiger partial charge in [0.25, 0.3) is 5.91 Å². The van der Waals surface area contributed by atoms with Gasteiger partial charge < -0.3 is 5.32 Å². The first-order valence-corrected chi connectivity index (χ1v) is 8.65. The lowest BCUT2D eigenvalue weighted by atomic mass is 10.1. The number of H-pyrrole nitrogens is 1. The zero-order valence-electron chi connectivity index (χ0n) is 13.1. The van der Waals surface area contributed by atoms with Crippen molar-refractivity contribution >= 4 is 21.8 Å². The smallest absolute Gasteiger partial charge is 0.255 e. The van der Waals surface area contributed by atoms with Crippen LogP contribution in [0.4, 0.5) is 0 Å². The Kier molecular flexibility index (Phi) is 5.43. The zero-order chi connectivity index (χ0) is 16.8. The molecule has 0 atom stereocenters. The molecule has 2 N–H and O–H groups in total. The number of carbonyl (C=O) groups excluding carboxylic acids is 1. The summed E-state index contributed by atoms with van der Waals surface area (Å²) >= 11 is 3.45. The number of benzene rings is 2. The lowest BCUT2D eigenvalue weighted by Gasteiger charge is -2.06. The molecule has 3 rings (SSSR count). The van der Waals surface area contributed by atoms with Crippen molar-refractivity contribution in [1.29, 1.82) is 0 Å². The highest BCUT2D eigenvalue weighted by Gasteiger charge is 2.14. The number of halogens is 1. The summed E-state index contributed by atoms with van der Waals surface area (Å²) < 4.78 is 0.962. The summed E-state index contributed by atoms with van der Waals surface area (Å²) in [7, 11) is 0. The van der Waals surface area contributed by atoms with Crippen LogP contribution in [0.3, 0.4) is 0 Å². The van der Waals surface area contributed by atoms with Crippen molar-refractivity contribution in [1.82, 2.24) is 15.5 Å². The third kappa shape index (κ3) is 4.11. The maximum absolute atomic E-state index is 12.4. The van der Waals surface area contributed by atoms with Gasteiger partial charge in [-0.3, -0.25) is 9.89 Å². The molecule has 1 amide bonds. The summed E-state index contributed by atoms with van der Waals surface area (Å²) in [6, 6.07) is 18.1. The van der Waals surface area contributed by atoms with Crippen molar-refractivity contribution < 1.29 is 4.79 Å². The van der Waals surface area contributed by atoms with Gasteiger partial charge in [-0.1, -0.05) is 58.4 Å². The van der Waals surface area contributed by atoms with E-state index in [2.05, 4.69) is 43.6 Å². The fourth-order valence-electron chi connectivity index (χ4n) is 2.56. The van der Waals surface area contributed by atoms with Crippen LogP contribution in [-0.4, -0.2) is 22.6 Å². The molecular weight excluding hydrogens is 366 g/mol. The Hall–Kier alpha value is -2.40. The molecule has 0 saturated heterocycles. The van der Waals surface area contributed by atoms with E-state index in [1.165, 1.54) is 5.56 Å². The van der Waals surface area contributed by atoms with Gasteiger partial charge in [-0.25, -0.2) is 0 Å². The topological polar surface area (TPSA) is 57.8 Å². The molecule has 0 bridgehead atoms. The molecule has 122 valence electrons. The number of amides is 1. The number of aromatic nitrogens is 2. The van der Waals surface area contributed by atoms with Crippen molar-refractivity contribution in [2.75, 3.05) is 6.54 Å². The van der Waals surface area contributed by atoms with Crippen LogP contribution < -0.4 is 5.32 Å². The second kappa shape index (κ2) is 7.93. The number of aromatic amines is 1. The van der Waals surface area contributed by atoms with E-state index in [-0.39, 0.29) is 5.91 Å². The molecule has 2 aromatic carbocycles. The van der Waals surface area contributed by atoms with Gasteiger partial charge in [-0.05, 0) is 30.5 Å². The van der Waals surface area contributed by atoms with Gasteiger partial charge >= 0.3 is 0 Å². The maximum Gasteiger partial charge on any atom is 0.255 e. The molecule has 1 aromatic heterocycles. The Labute approximate surface area is 149 Å². The lowest BCUT2D eigenvalue weighted by molar-refractivity contribution is 0.0954. The molecule has 0 aliphatic carbocycles. The fourth-order valence-corrected chi connectivity index (χ4v) is 2.96. The van der Waals surface area contributed by atoms with E-state index in [0.717, 1.165) is 28.6 Å². The largest absolute Gasteiger partial charge is 0.352 e. The Morgan fingerprint density at radius 2 is 1.96 bits per heavy atom. The Morgan fingerprint density at radius 1 is 1.12 bits per heavy atom. The van der Waals surface area contributed by atoms with Crippen molar-refractivity contribution in [2.24, 2.45) is 0 Å². The van der Waals surface area contributed by atoms with Gasteiger partial charge in [-0.15, -0.1) is 0 Å². The molecule has 0 aliphatic heterocycles. The quantitative estimate of drug-likeness (QED) is 0.626. The number of rotatable bonds is 6. The van der Waals surface area contributed by atoms with Gasteiger partial charge in [0.15, 0.2) is 0 Å². The molecule has 0 radical (unpaired) electrons. The average Bonchev–Trinajstić information content (AvgIpc) is 3.09. The highest BCUT2D eigenvalue weighted by atomic mass is 79.9. The normalized spacial score (nSPS) is 10.5. The Bertz CT molecular complexity index is 814. The van der Waals surface area contributed by atoms with Crippen molar-refractivity contribution in [3.8, 4) is 11.3 Å². The van der Waals surface area contributed by atoms with E-state index in [0.29, 0.717) is 12.1 Å². The summed E-state index contributed by atoms with van der Waals surface area (Å²) in [6.07, 6.45) is 3.42. The van der Waals surface area contributed by atoms with E-state index >= 15 is 0 Å². The van der Waals surface area contributed by atoms with Crippen molar-refractivity contribution in [2.45, 2.75) is 12.8 Å². The first-order valence-electron chi connectivity index (χ1n) is 7.85. The zero-order valence-corrected chi connectivity index (χ0v) is 14.7. The number of carbonyl (C=O) groups is 1. The average molecular weight is 384 g/mol. The highest BCUT2D eigenvalue weighted by Crippen LogP contribution is 2.24. The molecular formula is C19H18BrN3O. The summed E-state index contributed by atoms with van der Waals surface area (Å²) in [5, 5.41) is 9.91. The number of hydrogen-bond acceptors (Lipinski definition) is 2. The van der Waals surface area contributed by atoms with Crippen LogP contribution in [0.25, 0.3) is 11.3 Å². The molecule has 0 saturated carbocycles. The summed E-state index contributed by atoms with van der Waals surface area (Å²) in [5.41, 5.74) is 3.51. The van der Waals surface area contributed by atoms with Crippen LogP contribution in [0.5, 0.6) is 0 Å². The number of aryl methyl sites for hydroxylation is 1. The van der Waals surface area contributed by atoms with Gasteiger partial charge in [0.05, 0.1) is 17.5 Å². The SMILES string of the molecule is O=C(NCCCc1ccccc1)c1cn[nH]c1-c1cccc(Br)c1. The highest BCUT2D eigenvalue weighted by molar-refractivity contribution is 9.10. The molecule has 24 heavy (non-hydrogen) atoms. The summed E-state index contributed by atoms with van der Waals surface area (Å²) in [6.45, 7) is 0.636. The molecule has 3 aromatic rings. The number of hydrogen-bond donors (Lipinski definition) is 2. The third-order valence-corrected chi connectivity index (χ3v) is 4.26. The molecule has 1 heterocycles. The van der Waals surface area contributed by atoms with Crippen LogP contribution in [0, 0.1) is 0 Å². The van der Waals surface area contributed by atoms with E-state index in [9.17, 15) is 4.79 Å². The molecule has 0 fully saturated rings. The van der Waals surface area contributed by atoms with Gasteiger partial charge in [0.1, 0.15) is 0 Å².